The second-order valence-corrected chi connectivity index (χ2v) is 8.31. The Balaban J connectivity index is 3.61. The van der Waals surface area contributed by atoms with Gasteiger partial charge in [0.25, 0.3) is 10.1 Å². The van der Waals surface area contributed by atoms with Crippen molar-refractivity contribution >= 4 is 24.5 Å². The van der Waals surface area contributed by atoms with Crippen LogP contribution in [0.3, 0.4) is 0 Å². The van der Waals surface area contributed by atoms with Crippen molar-refractivity contribution in [3.05, 3.63) is 35.9 Å². The van der Waals surface area contributed by atoms with Gasteiger partial charge in [-0.15, -0.1) is 0 Å². The lowest BCUT2D eigenvalue weighted by Gasteiger charge is -2.36. The van der Waals surface area contributed by atoms with Gasteiger partial charge in [-0.2, -0.15) is 8.42 Å². The zero-order valence-electron chi connectivity index (χ0n) is 12.5. The quantitative estimate of drug-likeness (QED) is 0.580. The zero-order chi connectivity index (χ0) is 17.1. The van der Waals surface area contributed by atoms with Crippen molar-refractivity contribution in [2.24, 2.45) is 11.8 Å². The van der Waals surface area contributed by atoms with Gasteiger partial charge >= 0.3 is 5.97 Å². The maximum absolute atomic E-state index is 11.9. The average Bonchev–Trinajstić information content (AvgIpc) is 2.42. The molecule has 0 saturated carbocycles. The molecular formula is C14H19O6PS. The summed E-state index contributed by atoms with van der Waals surface area (Å²) in [6, 6.07) is 7.86. The molecular weight excluding hydrogens is 327 g/mol. The minimum absolute atomic E-state index is 0.264. The molecule has 0 aromatic heterocycles. The maximum atomic E-state index is 11.9. The number of aliphatic carboxylic acids is 1. The number of hydrogen-bond donors (Lipinski definition) is 2. The molecule has 122 valence electrons. The molecule has 22 heavy (non-hydrogen) atoms. The Morgan fingerprint density at radius 3 is 2.05 bits per heavy atom. The number of benzene rings is 1. The monoisotopic (exact) mass is 346 g/mol. The molecule has 0 heterocycles. The van der Waals surface area contributed by atoms with Crippen LogP contribution in [0.5, 0.6) is 0 Å². The van der Waals surface area contributed by atoms with Crippen LogP contribution in [0.2, 0.25) is 0 Å². The summed E-state index contributed by atoms with van der Waals surface area (Å²) in [5.41, 5.74) is 0.264. The molecule has 2 N–H and O–H groups in total. The van der Waals surface area contributed by atoms with E-state index in [0.29, 0.717) is 0 Å². The third-order valence-corrected chi connectivity index (χ3v) is 5.84. The molecule has 0 radical (unpaired) electrons. The van der Waals surface area contributed by atoms with Crippen LogP contribution in [0, 0.1) is 11.8 Å². The molecule has 0 fully saturated rings. The van der Waals surface area contributed by atoms with Gasteiger partial charge in [-0.05, 0) is 18.4 Å². The van der Waals surface area contributed by atoms with Crippen LogP contribution in [-0.4, -0.2) is 29.2 Å². The first-order valence-corrected chi connectivity index (χ1v) is 8.96. The number of rotatable bonds is 7. The third kappa shape index (κ3) is 3.72. The fourth-order valence-electron chi connectivity index (χ4n) is 2.74. The van der Waals surface area contributed by atoms with E-state index < -0.39 is 46.8 Å². The highest BCUT2D eigenvalue weighted by molar-refractivity contribution is 7.86. The number of hydrogen-bond acceptors (Lipinski definition) is 4. The van der Waals surface area contributed by atoms with Crippen molar-refractivity contribution in [1.29, 1.82) is 0 Å². The summed E-state index contributed by atoms with van der Waals surface area (Å²) in [7, 11) is -5.31. The van der Waals surface area contributed by atoms with Gasteiger partial charge in [-0.1, -0.05) is 44.2 Å². The molecule has 0 spiro atoms. The first-order chi connectivity index (χ1) is 10.1. The van der Waals surface area contributed by atoms with Gasteiger partial charge in [0, 0.05) is 5.92 Å². The van der Waals surface area contributed by atoms with Gasteiger partial charge in [0.15, 0.2) is 8.46 Å². The largest absolute Gasteiger partial charge is 0.480 e. The summed E-state index contributed by atoms with van der Waals surface area (Å²) in [6.07, 6.45) is 0. The smallest absolute Gasteiger partial charge is 0.321 e. The fraction of sp³-hybridized carbons (Fsp3) is 0.500. The lowest BCUT2D eigenvalue weighted by Crippen LogP contribution is -2.45. The molecule has 0 aliphatic rings. The highest BCUT2D eigenvalue weighted by atomic mass is 32.2. The summed E-state index contributed by atoms with van der Waals surface area (Å²) in [6.45, 7) is 4.49. The molecule has 3 unspecified atom stereocenters. The van der Waals surface area contributed by atoms with Crippen molar-refractivity contribution in [3.63, 3.8) is 0 Å². The minimum Gasteiger partial charge on any atom is -0.480 e. The van der Waals surface area contributed by atoms with Crippen molar-refractivity contribution in [2.45, 2.75) is 31.2 Å². The van der Waals surface area contributed by atoms with Gasteiger partial charge in [0.05, 0.1) is 0 Å². The van der Waals surface area contributed by atoms with E-state index in [-0.39, 0.29) is 5.56 Å². The molecule has 0 aliphatic heterocycles. The third-order valence-electron chi connectivity index (χ3n) is 3.77. The lowest BCUT2D eigenvalue weighted by atomic mass is 9.78. The molecule has 0 bridgehead atoms. The van der Waals surface area contributed by atoms with Crippen molar-refractivity contribution < 1.29 is 27.4 Å². The van der Waals surface area contributed by atoms with E-state index in [2.05, 4.69) is 0 Å². The average molecular weight is 346 g/mol. The minimum atomic E-state index is -4.60. The van der Waals surface area contributed by atoms with Gasteiger partial charge in [-0.25, -0.2) is 0 Å². The molecule has 0 amide bonds. The van der Waals surface area contributed by atoms with Gasteiger partial charge in [0.2, 0.25) is 0 Å². The summed E-state index contributed by atoms with van der Waals surface area (Å²) in [5, 5.41) is 6.11. The Morgan fingerprint density at radius 2 is 1.73 bits per heavy atom. The van der Waals surface area contributed by atoms with E-state index in [1.54, 1.807) is 32.0 Å². The van der Waals surface area contributed by atoms with Crippen LogP contribution in [0.4, 0.5) is 0 Å². The normalized spacial score (nSPS) is 17.9. The van der Waals surface area contributed by atoms with E-state index in [1.165, 1.54) is 19.1 Å². The van der Waals surface area contributed by atoms with Crippen molar-refractivity contribution in [1.82, 2.24) is 0 Å². The fourth-order valence-corrected chi connectivity index (χ4v) is 4.95. The highest BCUT2D eigenvalue weighted by Gasteiger charge is 2.52. The maximum Gasteiger partial charge on any atom is 0.321 e. The second kappa shape index (κ2) is 6.86. The zero-order valence-corrected chi connectivity index (χ0v) is 14.2. The molecule has 1 aromatic carbocycles. The lowest BCUT2D eigenvalue weighted by molar-refractivity contribution is -0.141. The van der Waals surface area contributed by atoms with Gasteiger partial charge < -0.3 is 5.11 Å². The SMILES string of the molecule is CC(C)C(C(c1ccccc1)S(=O)(=O)O)C(C)(P=O)C(=O)O. The Morgan fingerprint density at radius 1 is 1.23 bits per heavy atom. The topological polar surface area (TPSA) is 109 Å². The Hall–Kier alpha value is -1.30. The van der Waals surface area contributed by atoms with Crippen molar-refractivity contribution in [2.75, 3.05) is 0 Å². The Kier molecular flexibility index (Phi) is 5.84. The van der Waals surface area contributed by atoms with E-state index >= 15 is 0 Å². The molecule has 0 aliphatic carbocycles. The van der Waals surface area contributed by atoms with Crippen molar-refractivity contribution in [3.8, 4) is 0 Å². The first-order valence-electron chi connectivity index (χ1n) is 6.64. The Labute approximate surface area is 131 Å². The van der Waals surface area contributed by atoms with Crippen LogP contribution in [0.25, 0.3) is 0 Å². The van der Waals surface area contributed by atoms with Crippen LogP contribution in [-0.2, 0) is 19.5 Å². The first kappa shape index (κ1) is 18.7. The number of carboxylic acid groups (broad SMARTS) is 1. The standard InChI is InChI=1S/C14H19O6PS/c1-9(2)11(14(3,21-17)13(15)16)12(22(18,19)20)10-7-5-4-6-8-10/h4-9,11-12H,1-3H3,(H,15,16)(H,18,19,20). The summed E-state index contributed by atoms with van der Waals surface area (Å²) < 4.78 is 45.0. The summed E-state index contributed by atoms with van der Waals surface area (Å²) >= 11 is 0. The molecule has 3 atom stereocenters. The number of carbonyl (C=O) groups is 1. The van der Waals surface area contributed by atoms with E-state index in [0.717, 1.165) is 0 Å². The molecule has 1 rings (SSSR count). The van der Waals surface area contributed by atoms with E-state index in [1.807, 2.05) is 0 Å². The predicted octanol–water partition coefficient (Wildman–Crippen LogP) is 3.02. The van der Waals surface area contributed by atoms with E-state index in [4.69, 9.17) is 0 Å². The molecule has 8 heteroatoms. The Bertz CT molecular complexity index is 643. The predicted molar refractivity (Wildman–Crippen MR) is 82.7 cm³/mol. The van der Waals surface area contributed by atoms with Crippen LogP contribution >= 0.6 is 8.46 Å². The van der Waals surface area contributed by atoms with Gasteiger partial charge in [0.1, 0.15) is 10.4 Å². The van der Waals surface area contributed by atoms with Crippen LogP contribution in [0.1, 0.15) is 31.6 Å². The van der Waals surface area contributed by atoms with Crippen LogP contribution < -0.4 is 0 Å². The number of carboxylic acids is 1. The molecule has 0 saturated heterocycles. The second-order valence-electron chi connectivity index (χ2n) is 5.66. The van der Waals surface area contributed by atoms with E-state index in [9.17, 15) is 27.4 Å². The molecule has 1 aromatic rings. The van der Waals surface area contributed by atoms with Crippen LogP contribution in [0.15, 0.2) is 30.3 Å². The van der Waals surface area contributed by atoms with Gasteiger partial charge in [-0.3, -0.25) is 13.9 Å². The summed E-state index contributed by atoms with van der Waals surface area (Å²) in [5.74, 6) is -2.91. The highest BCUT2D eigenvalue weighted by Crippen LogP contribution is 2.47. The molecule has 6 nitrogen and oxygen atoms in total. The summed E-state index contributed by atoms with van der Waals surface area (Å²) in [4.78, 5) is 11.6.